The van der Waals surface area contributed by atoms with Gasteiger partial charge < -0.3 is 15.5 Å². The van der Waals surface area contributed by atoms with Crippen LogP contribution in [-0.2, 0) is 11.2 Å². The van der Waals surface area contributed by atoms with Crippen molar-refractivity contribution < 1.29 is 9.21 Å². The third-order valence-corrected chi connectivity index (χ3v) is 4.80. The van der Waals surface area contributed by atoms with Crippen LogP contribution < -0.4 is 11.1 Å². The van der Waals surface area contributed by atoms with E-state index in [1.54, 1.807) is 0 Å². The molecule has 2 heterocycles. The lowest BCUT2D eigenvalue weighted by Gasteiger charge is -2.26. The van der Waals surface area contributed by atoms with E-state index in [2.05, 4.69) is 10.3 Å². The number of nitrogens with two attached hydrogens (primary N) is 1. The molecule has 5 nitrogen and oxygen atoms in total. The normalized spacial score (nSPS) is 11.6. The highest BCUT2D eigenvalue weighted by atomic mass is 32.1. The predicted molar refractivity (Wildman–Crippen MR) is 88.8 cm³/mol. The van der Waals surface area contributed by atoms with E-state index in [1.807, 2.05) is 38.3 Å². The first kappa shape index (κ1) is 16.7. The van der Waals surface area contributed by atoms with Gasteiger partial charge in [0.2, 0.25) is 5.91 Å². The van der Waals surface area contributed by atoms with Crippen molar-refractivity contribution in [3.63, 3.8) is 0 Å². The summed E-state index contributed by atoms with van der Waals surface area (Å²) in [5, 5.41) is 5.59. The monoisotopic (exact) mass is 321 g/mol. The quantitative estimate of drug-likeness (QED) is 0.821. The number of hydrogen-bond acceptors (Lipinski definition) is 5. The minimum absolute atomic E-state index is 0.0517. The smallest absolute Gasteiger partial charge is 0.226 e. The molecule has 0 aliphatic carbocycles. The first-order chi connectivity index (χ1) is 10.5. The first-order valence-corrected chi connectivity index (χ1v) is 8.40. The van der Waals surface area contributed by atoms with Gasteiger partial charge >= 0.3 is 0 Å². The molecule has 0 atom stereocenters. The van der Waals surface area contributed by atoms with Gasteiger partial charge in [0, 0.05) is 17.5 Å². The van der Waals surface area contributed by atoms with Crippen molar-refractivity contribution in [1.29, 1.82) is 0 Å². The zero-order chi connectivity index (χ0) is 16.2. The maximum Gasteiger partial charge on any atom is 0.226 e. The summed E-state index contributed by atoms with van der Waals surface area (Å²) in [6.45, 7) is 6.46. The second-order valence-corrected chi connectivity index (χ2v) is 6.44. The number of carbonyl (C=O) groups is 1. The summed E-state index contributed by atoms with van der Waals surface area (Å²) in [4.78, 5) is 16.5. The number of hydrogen-bond donors (Lipinski definition) is 2. The average molecular weight is 321 g/mol. The number of carbonyl (C=O) groups excluding carboxylic acids is 1. The molecule has 0 unspecified atom stereocenters. The Morgan fingerprint density at radius 3 is 2.73 bits per heavy atom. The van der Waals surface area contributed by atoms with E-state index in [-0.39, 0.29) is 17.9 Å². The molecule has 2 rings (SSSR count). The lowest BCUT2D eigenvalue weighted by atomic mass is 9.94. The van der Waals surface area contributed by atoms with Gasteiger partial charge in [-0.15, -0.1) is 11.3 Å². The fourth-order valence-electron chi connectivity index (χ4n) is 2.05. The average Bonchev–Trinajstić information content (AvgIpc) is 3.14. The van der Waals surface area contributed by atoms with Crippen molar-refractivity contribution in [2.24, 2.45) is 5.73 Å². The molecule has 0 fully saturated rings. The molecule has 2 aromatic rings. The summed E-state index contributed by atoms with van der Waals surface area (Å²) in [6.07, 6.45) is 1.94. The predicted octanol–water partition coefficient (Wildman–Crippen LogP) is 2.89. The molecule has 22 heavy (non-hydrogen) atoms. The van der Waals surface area contributed by atoms with E-state index in [0.717, 1.165) is 35.1 Å². The second kappa shape index (κ2) is 7.07. The number of aromatic nitrogens is 1. The minimum Gasteiger partial charge on any atom is -0.459 e. The van der Waals surface area contributed by atoms with Crippen LogP contribution in [0.5, 0.6) is 0 Å². The van der Waals surface area contributed by atoms with E-state index in [9.17, 15) is 4.79 Å². The molecule has 0 saturated carbocycles. The van der Waals surface area contributed by atoms with Gasteiger partial charge in [-0.25, -0.2) is 4.98 Å². The highest BCUT2D eigenvalue weighted by Gasteiger charge is 2.21. The van der Waals surface area contributed by atoms with Crippen LogP contribution in [0.15, 0.2) is 21.9 Å². The zero-order valence-electron chi connectivity index (χ0n) is 13.3. The Kier molecular flexibility index (Phi) is 5.37. The number of rotatable bonds is 7. The molecule has 0 aliphatic rings. The van der Waals surface area contributed by atoms with Crippen LogP contribution in [0.2, 0.25) is 0 Å². The van der Waals surface area contributed by atoms with E-state index in [0.29, 0.717) is 6.54 Å². The fraction of sp³-hybridized carbons (Fsp3) is 0.500. The van der Waals surface area contributed by atoms with E-state index in [4.69, 9.17) is 10.2 Å². The van der Waals surface area contributed by atoms with Gasteiger partial charge in [0.15, 0.2) is 10.8 Å². The van der Waals surface area contributed by atoms with Crippen molar-refractivity contribution in [3.05, 3.63) is 29.0 Å². The molecule has 0 bridgehead atoms. The Bertz CT molecular complexity index is 629. The van der Waals surface area contributed by atoms with Crippen molar-refractivity contribution >= 4 is 17.2 Å². The van der Waals surface area contributed by atoms with Crippen LogP contribution >= 0.6 is 11.3 Å². The third-order valence-electron chi connectivity index (χ3n) is 3.89. The lowest BCUT2D eigenvalue weighted by Crippen LogP contribution is -2.49. The van der Waals surface area contributed by atoms with Crippen LogP contribution in [0.4, 0.5) is 0 Å². The van der Waals surface area contributed by atoms with E-state index < -0.39 is 0 Å². The zero-order valence-corrected chi connectivity index (χ0v) is 14.1. The number of amides is 1. The van der Waals surface area contributed by atoms with Gasteiger partial charge in [0.1, 0.15) is 5.76 Å². The molecular weight excluding hydrogens is 298 g/mol. The number of thiazole rings is 1. The summed E-state index contributed by atoms with van der Waals surface area (Å²) in [7, 11) is 0. The van der Waals surface area contributed by atoms with Gasteiger partial charge in [-0.2, -0.15) is 0 Å². The van der Waals surface area contributed by atoms with Crippen molar-refractivity contribution in [3.8, 4) is 10.8 Å². The highest BCUT2D eigenvalue weighted by molar-refractivity contribution is 7.13. The molecule has 0 saturated heterocycles. The maximum absolute atomic E-state index is 12.0. The lowest BCUT2D eigenvalue weighted by molar-refractivity contribution is -0.120. The Balaban J connectivity index is 1.91. The molecule has 120 valence electrons. The van der Waals surface area contributed by atoms with Crippen LogP contribution in [-0.4, -0.2) is 23.0 Å². The number of aryl methyl sites for hydroxylation is 1. The molecule has 2 aromatic heterocycles. The molecule has 0 spiro atoms. The molecular formula is C16H23N3O2S. The summed E-state index contributed by atoms with van der Waals surface area (Å²) < 4.78 is 5.54. The minimum atomic E-state index is -0.325. The Morgan fingerprint density at radius 1 is 1.41 bits per heavy atom. The number of furan rings is 1. The first-order valence-electron chi connectivity index (χ1n) is 7.52. The van der Waals surface area contributed by atoms with Gasteiger partial charge in [-0.05, 0) is 31.9 Å². The van der Waals surface area contributed by atoms with Crippen molar-refractivity contribution in [2.45, 2.75) is 45.6 Å². The van der Waals surface area contributed by atoms with Crippen LogP contribution in [0.3, 0.4) is 0 Å². The summed E-state index contributed by atoms with van der Waals surface area (Å²) >= 11 is 1.48. The highest BCUT2D eigenvalue weighted by Crippen LogP contribution is 2.25. The molecule has 3 N–H and O–H groups in total. The molecule has 1 amide bonds. The molecule has 6 heteroatoms. The number of nitrogens with one attached hydrogen (secondary N) is 1. The SMILES string of the molecule is CCC(N)(CC)CNC(=O)Cc1csc(-c2ccc(C)o2)n1. The van der Waals surface area contributed by atoms with Crippen LogP contribution in [0.25, 0.3) is 10.8 Å². The molecule has 0 radical (unpaired) electrons. The maximum atomic E-state index is 12.0. The molecule has 0 aromatic carbocycles. The van der Waals surface area contributed by atoms with Crippen molar-refractivity contribution in [2.75, 3.05) is 6.54 Å². The van der Waals surface area contributed by atoms with E-state index >= 15 is 0 Å². The van der Waals surface area contributed by atoms with Crippen LogP contribution in [0.1, 0.15) is 38.1 Å². The van der Waals surface area contributed by atoms with Crippen LogP contribution in [0, 0.1) is 6.92 Å². The Hall–Kier alpha value is -1.66. The van der Waals surface area contributed by atoms with Crippen molar-refractivity contribution in [1.82, 2.24) is 10.3 Å². The Labute approximate surface area is 134 Å². The topological polar surface area (TPSA) is 81.1 Å². The second-order valence-electron chi connectivity index (χ2n) is 5.58. The summed E-state index contributed by atoms with van der Waals surface area (Å²) in [5.74, 6) is 1.54. The Morgan fingerprint density at radius 2 is 2.14 bits per heavy atom. The van der Waals surface area contributed by atoms with Gasteiger partial charge in [0.25, 0.3) is 0 Å². The standard InChI is InChI=1S/C16H23N3O2S/c1-4-16(17,5-2)10-18-14(20)8-12-9-22-15(19-12)13-7-6-11(3)21-13/h6-7,9H,4-5,8,10,17H2,1-3H3,(H,18,20). The van der Waals surface area contributed by atoms with Gasteiger partial charge in [-0.3, -0.25) is 4.79 Å². The van der Waals surface area contributed by atoms with E-state index in [1.165, 1.54) is 11.3 Å². The molecule has 0 aliphatic heterocycles. The van der Waals surface area contributed by atoms with Gasteiger partial charge in [-0.1, -0.05) is 13.8 Å². The fourth-order valence-corrected chi connectivity index (χ4v) is 2.83. The summed E-state index contributed by atoms with van der Waals surface area (Å²) in [6, 6.07) is 3.79. The van der Waals surface area contributed by atoms with Gasteiger partial charge in [0.05, 0.1) is 12.1 Å². The summed E-state index contributed by atoms with van der Waals surface area (Å²) in [5.41, 5.74) is 6.61. The largest absolute Gasteiger partial charge is 0.459 e. The number of nitrogens with zero attached hydrogens (tertiary/aromatic N) is 1. The third kappa shape index (κ3) is 4.18.